The van der Waals surface area contributed by atoms with Crippen molar-refractivity contribution in [2.24, 2.45) is 0 Å². The topological polar surface area (TPSA) is 51.7 Å². The van der Waals surface area contributed by atoms with Crippen LogP contribution in [0.2, 0.25) is 0 Å². The number of aliphatic hydroxyl groups is 1. The van der Waals surface area contributed by atoms with E-state index in [0.717, 1.165) is 0 Å². The number of hydrogen-bond acceptors (Lipinski definition) is 1. The lowest BCUT2D eigenvalue weighted by Crippen LogP contribution is -2.06. The van der Waals surface area contributed by atoms with E-state index in [2.05, 4.69) is 0 Å². The maximum atomic E-state index is 8.36. The molecule has 0 saturated carbocycles. The van der Waals surface area contributed by atoms with E-state index in [1.165, 1.54) is 0 Å². The van der Waals surface area contributed by atoms with Crippen LogP contribution in [0.1, 0.15) is 13.3 Å². The Bertz CT molecular complexity index is 40.7. The molecule has 2 nitrogen and oxygen atoms in total. The van der Waals surface area contributed by atoms with E-state index in [1.807, 2.05) is 0 Å². The average Bonchev–Trinajstić information content (AvgIpc) is 1.35. The van der Waals surface area contributed by atoms with Gasteiger partial charge < -0.3 is 10.6 Å². The molecule has 0 spiro atoms. The standard InChI is InChI=1S/C3H6Cl2O.H2O/c1-2-3(4,5)6;/h6H,2H2,1H3;1H2. The second-order valence-electron chi connectivity index (χ2n) is 1.02. The monoisotopic (exact) mass is 146 g/mol. The van der Waals surface area contributed by atoms with Gasteiger partial charge in [0.1, 0.15) is 0 Å². The predicted molar refractivity (Wildman–Crippen MR) is 30.6 cm³/mol. The third-order valence-corrected chi connectivity index (χ3v) is 0.960. The first-order valence-electron chi connectivity index (χ1n) is 1.66. The summed E-state index contributed by atoms with van der Waals surface area (Å²) in [6.45, 7) is 1.69. The highest BCUT2D eigenvalue weighted by Crippen LogP contribution is 2.19. The molecule has 0 fully saturated rings. The Kier molecular flexibility index (Phi) is 5.23. The minimum absolute atomic E-state index is 0. The van der Waals surface area contributed by atoms with Crippen LogP contribution >= 0.6 is 23.2 Å². The number of halogens is 2. The highest BCUT2D eigenvalue weighted by molar-refractivity contribution is 6.46. The minimum Gasteiger partial charge on any atom is -0.412 e. The van der Waals surface area contributed by atoms with Gasteiger partial charge in [0.05, 0.1) is 0 Å². The highest BCUT2D eigenvalue weighted by atomic mass is 35.5. The molecule has 0 rings (SSSR count). The molecule has 0 aromatic carbocycles. The van der Waals surface area contributed by atoms with Crippen LogP contribution in [0.15, 0.2) is 0 Å². The van der Waals surface area contributed by atoms with E-state index >= 15 is 0 Å². The molecule has 0 aliphatic rings. The SMILES string of the molecule is CCC(O)(Cl)Cl.O. The molecule has 46 valence electrons. The van der Waals surface area contributed by atoms with Crippen molar-refractivity contribution in [1.82, 2.24) is 0 Å². The molecule has 7 heavy (non-hydrogen) atoms. The first kappa shape index (κ1) is 10.5. The van der Waals surface area contributed by atoms with E-state index in [9.17, 15) is 0 Å². The molecule has 0 radical (unpaired) electrons. The molecule has 4 heteroatoms. The average molecular weight is 147 g/mol. The van der Waals surface area contributed by atoms with Crippen molar-refractivity contribution in [2.45, 2.75) is 17.9 Å². The zero-order chi connectivity index (χ0) is 5.21. The molecule has 0 aliphatic carbocycles. The Morgan fingerprint density at radius 3 is 1.71 bits per heavy atom. The van der Waals surface area contributed by atoms with Gasteiger partial charge in [0.15, 0.2) is 0 Å². The zero-order valence-corrected chi connectivity index (χ0v) is 5.42. The van der Waals surface area contributed by atoms with Crippen molar-refractivity contribution in [2.75, 3.05) is 0 Å². The molecule has 0 unspecified atom stereocenters. The Balaban J connectivity index is 0. The van der Waals surface area contributed by atoms with Gasteiger partial charge in [-0.2, -0.15) is 0 Å². The summed E-state index contributed by atoms with van der Waals surface area (Å²) in [6, 6.07) is 0. The fraction of sp³-hybridized carbons (Fsp3) is 1.00. The first-order chi connectivity index (χ1) is 2.56. The fourth-order valence-electron chi connectivity index (χ4n) is 0. The smallest absolute Gasteiger partial charge is 0.214 e. The molecule has 0 saturated heterocycles. The van der Waals surface area contributed by atoms with Gasteiger partial charge in [0.25, 0.3) is 0 Å². The van der Waals surface area contributed by atoms with E-state index in [0.29, 0.717) is 6.42 Å². The van der Waals surface area contributed by atoms with E-state index in [1.54, 1.807) is 6.92 Å². The van der Waals surface area contributed by atoms with Crippen LogP contribution in [0.3, 0.4) is 0 Å². The van der Waals surface area contributed by atoms with Gasteiger partial charge in [-0.15, -0.1) is 0 Å². The van der Waals surface area contributed by atoms with Crippen molar-refractivity contribution in [3.05, 3.63) is 0 Å². The second kappa shape index (κ2) is 3.50. The molecule has 0 aromatic heterocycles. The molecule has 0 amide bonds. The lowest BCUT2D eigenvalue weighted by molar-refractivity contribution is 0.210. The third-order valence-electron chi connectivity index (χ3n) is 0.425. The van der Waals surface area contributed by atoms with E-state index < -0.39 is 4.52 Å². The van der Waals surface area contributed by atoms with Crippen LogP contribution < -0.4 is 0 Å². The Labute approximate surface area is 52.4 Å². The first-order valence-corrected chi connectivity index (χ1v) is 2.42. The summed E-state index contributed by atoms with van der Waals surface area (Å²) in [4.78, 5) is 0. The van der Waals surface area contributed by atoms with Crippen LogP contribution in [-0.2, 0) is 0 Å². The molecular weight excluding hydrogens is 139 g/mol. The van der Waals surface area contributed by atoms with Crippen molar-refractivity contribution < 1.29 is 10.6 Å². The van der Waals surface area contributed by atoms with Crippen LogP contribution in [0.5, 0.6) is 0 Å². The highest BCUT2D eigenvalue weighted by Gasteiger charge is 2.13. The fourth-order valence-corrected chi connectivity index (χ4v) is 0. The normalized spacial score (nSPS) is 10.3. The zero-order valence-electron chi connectivity index (χ0n) is 3.91. The third kappa shape index (κ3) is 10.7. The Morgan fingerprint density at radius 1 is 1.57 bits per heavy atom. The van der Waals surface area contributed by atoms with Crippen molar-refractivity contribution >= 4 is 23.2 Å². The van der Waals surface area contributed by atoms with Gasteiger partial charge in [0, 0.05) is 6.42 Å². The minimum atomic E-state index is -1.51. The summed E-state index contributed by atoms with van der Waals surface area (Å²) < 4.78 is -1.51. The van der Waals surface area contributed by atoms with Crippen molar-refractivity contribution in [3.8, 4) is 0 Å². The number of hydrogen-bond donors (Lipinski definition) is 1. The maximum absolute atomic E-state index is 8.36. The van der Waals surface area contributed by atoms with Gasteiger partial charge in [-0.05, 0) is 0 Å². The molecular formula is C3H8Cl2O2. The van der Waals surface area contributed by atoms with Gasteiger partial charge in [-0.1, -0.05) is 30.1 Å². The van der Waals surface area contributed by atoms with Crippen molar-refractivity contribution in [3.63, 3.8) is 0 Å². The van der Waals surface area contributed by atoms with Gasteiger partial charge >= 0.3 is 0 Å². The predicted octanol–water partition coefficient (Wildman–Crippen LogP) is 0.695. The summed E-state index contributed by atoms with van der Waals surface area (Å²) in [6.07, 6.45) is 0.357. The Morgan fingerprint density at radius 2 is 1.71 bits per heavy atom. The van der Waals surface area contributed by atoms with Gasteiger partial charge in [0.2, 0.25) is 4.52 Å². The van der Waals surface area contributed by atoms with Crippen LogP contribution in [-0.4, -0.2) is 15.1 Å². The molecule has 0 atom stereocenters. The molecule has 0 aliphatic heterocycles. The van der Waals surface area contributed by atoms with E-state index in [-0.39, 0.29) is 5.48 Å². The number of alkyl halides is 2. The summed E-state index contributed by atoms with van der Waals surface area (Å²) in [5.41, 5.74) is 0. The molecule has 0 bridgehead atoms. The van der Waals surface area contributed by atoms with E-state index in [4.69, 9.17) is 28.3 Å². The summed E-state index contributed by atoms with van der Waals surface area (Å²) in [5, 5.41) is 8.36. The molecule has 0 heterocycles. The largest absolute Gasteiger partial charge is 0.412 e. The van der Waals surface area contributed by atoms with Crippen LogP contribution in [0.4, 0.5) is 0 Å². The number of rotatable bonds is 1. The maximum Gasteiger partial charge on any atom is 0.214 e. The van der Waals surface area contributed by atoms with Gasteiger partial charge in [-0.25, -0.2) is 0 Å². The Hall–Kier alpha value is 0.500. The van der Waals surface area contributed by atoms with Gasteiger partial charge in [-0.3, -0.25) is 0 Å². The van der Waals surface area contributed by atoms with Crippen molar-refractivity contribution in [1.29, 1.82) is 0 Å². The summed E-state index contributed by atoms with van der Waals surface area (Å²) in [7, 11) is 0. The van der Waals surface area contributed by atoms with Crippen LogP contribution in [0, 0.1) is 0 Å². The van der Waals surface area contributed by atoms with Crippen LogP contribution in [0.25, 0.3) is 0 Å². The molecule has 0 aromatic rings. The molecule has 3 N–H and O–H groups in total. The lowest BCUT2D eigenvalue weighted by Gasteiger charge is -2.04. The summed E-state index contributed by atoms with van der Waals surface area (Å²) >= 11 is 10.1. The second-order valence-corrected chi connectivity index (χ2v) is 2.46. The summed E-state index contributed by atoms with van der Waals surface area (Å²) in [5.74, 6) is 0. The quantitative estimate of drug-likeness (QED) is 0.545. The lowest BCUT2D eigenvalue weighted by atomic mass is 10.5.